The number of nitrogens with zero attached hydrogens (tertiary/aromatic N) is 3. The van der Waals surface area contributed by atoms with Crippen molar-refractivity contribution in [2.24, 2.45) is 0 Å². The SMILES string of the molecule is Cc1ccc(CNCc2ccc(Cn3c(O)nnc3-c3cc(C(C)C)c(O)cc3O)cc2)cc1. The second-order valence-electron chi connectivity index (χ2n) is 8.90. The van der Waals surface area contributed by atoms with Gasteiger partial charge in [-0.25, -0.2) is 0 Å². The van der Waals surface area contributed by atoms with Crippen molar-refractivity contribution in [3.8, 4) is 28.9 Å². The zero-order chi connectivity index (χ0) is 24.2. The van der Waals surface area contributed by atoms with Crippen LogP contribution in [-0.4, -0.2) is 30.1 Å². The van der Waals surface area contributed by atoms with E-state index < -0.39 is 0 Å². The van der Waals surface area contributed by atoms with E-state index in [-0.39, 0.29) is 23.4 Å². The summed E-state index contributed by atoms with van der Waals surface area (Å²) in [7, 11) is 0. The standard InChI is InChI=1S/C27H30N4O3/c1-17(2)22-12-23(25(33)13-24(22)32)26-29-30-27(34)31(26)16-21-10-8-20(9-11-21)15-28-14-19-6-4-18(3)5-7-19/h4-13,17,28,32-33H,14-16H2,1-3H3,(H,30,34). The van der Waals surface area contributed by atoms with Crippen molar-refractivity contribution in [3.63, 3.8) is 0 Å². The summed E-state index contributed by atoms with van der Waals surface area (Å²) >= 11 is 0. The van der Waals surface area contributed by atoms with Crippen LogP contribution in [0.2, 0.25) is 0 Å². The maximum atomic E-state index is 10.4. The average Bonchev–Trinajstić information content (AvgIpc) is 3.16. The molecule has 4 aromatic rings. The number of phenolic OH excluding ortho intramolecular Hbond substituents is 2. The number of hydrogen-bond donors (Lipinski definition) is 4. The number of aromatic nitrogens is 3. The molecule has 1 aromatic heterocycles. The highest BCUT2D eigenvalue weighted by Crippen LogP contribution is 2.38. The molecule has 176 valence electrons. The third-order valence-corrected chi connectivity index (χ3v) is 5.88. The van der Waals surface area contributed by atoms with Crippen LogP contribution < -0.4 is 5.32 Å². The molecule has 0 radical (unpaired) electrons. The average molecular weight is 459 g/mol. The van der Waals surface area contributed by atoms with E-state index >= 15 is 0 Å². The van der Waals surface area contributed by atoms with Gasteiger partial charge in [-0.1, -0.05) is 73.0 Å². The molecule has 0 unspecified atom stereocenters. The summed E-state index contributed by atoms with van der Waals surface area (Å²) in [5, 5.41) is 42.2. The molecule has 7 nitrogen and oxygen atoms in total. The molecule has 0 spiro atoms. The van der Waals surface area contributed by atoms with Gasteiger partial charge >= 0.3 is 6.01 Å². The molecule has 0 amide bonds. The van der Waals surface area contributed by atoms with Gasteiger partial charge in [-0.05, 0) is 41.2 Å². The van der Waals surface area contributed by atoms with Gasteiger partial charge < -0.3 is 20.6 Å². The van der Waals surface area contributed by atoms with Gasteiger partial charge in [0.2, 0.25) is 0 Å². The van der Waals surface area contributed by atoms with Gasteiger partial charge in [0.1, 0.15) is 11.5 Å². The van der Waals surface area contributed by atoms with E-state index in [1.54, 1.807) is 10.6 Å². The number of aromatic hydroxyl groups is 3. The Labute approximate surface area is 199 Å². The maximum Gasteiger partial charge on any atom is 0.315 e. The molecule has 0 aliphatic carbocycles. The van der Waals surface area contributed by atoms with Crippen molar-refractivity contribution in [1.29, 1.82) is 0 Å². The summed E-state index contributed by atoms with van der Waals surface area (Å²) in [6.45, 7) is 7.87. The van der Waals surface area contributed by atoms with Crippen LogP contribution in [0, 0.1) is 6.92 Å². The third kappa shape index (κ3) is 5.21. The first-order valence-corrected chi connectivity index (χ1v) is 11.3. The van der Waals surface area contributed by atoms with Crippen molar-refractivity contribution in [3.05, 3.63) is 88.5 Å². The zero-order valence-electron chi connectivity index (χ0n) is 19.7. The van der Waals surface area contributed by atoms with Gasteiger partial charge in [-0.3, -0.25) is 4.57 Å². The number of hydrogen-bond acceptors (Lipinski definition) is 6. The normalized spacial score (nSPS) is 11.3. The first kappa shape index (κ1) is 23.3. The maximum absolute atomic E-state index is 10.4. The van der Waals surface area contributed by atoms with Crippen LogP contribution in [0.15, 0.2) is 60.7 Å². The van der Waals surface area contributed by atoms with E-state index in [9.17, 15) is 15.3 Å². The molecular weight excluding hydrogens is 428 g/mol. The minimum atomic E-state index is -0.239. The van der Waals surface area contributed by atoms with Crippen molar-refractivity contribution < 1.29 is 15.3 Å². The van der Waals surface area contributed by atoms with E-state index in [0.717, 1.165) is 24.2 Å². The predicted molar refractivity (Wildman–Crippen MR) is 132 cm³/mol. The number of rotatable bonds is 8. The number of phenols is 2. The lowest BCUT2D eigenvalue weighted by molar-refractivity contribution is 0.404. The molecule has 3 aromatic carbocycles. The fraction of sp³-hybridized carbons (Fsp3) is 0.259. The highest BCUT2D eigenvalue weighted by molar-refractivity contribution is 5.68. The number of benzene rings is 3. The van der Waals surface area contributed by atoms with Crippen molar-refractivity contribution >= 4 is 0 Å². The molecule has 0 fully saturated rings. The summed E-state index contributed by atoms with van der Waals surface area (Å²) in [6, 6.07) is 19.3. The quantitative estimate of drug-likeness (QED) is 0.302. The molecule has 0 aliphatic heterocycles. The lowest BCUT2D eigenvalue weighted by Gasteiger charge is -2.14. The topological polar surface area (TPSA) is 103 Å². The van der Waals surface area contributed by atoms with Crippen molar-refractivity contribution in [2.45, 2.75) is 46.3 Å². The van der Waals surface area contributed by atoms with Crippen molar-refractivity contribution in [1.82, 2.24) is 20.1 Å². The molecule has 0 saturated heterocycles. The summed E-state index contributed by atoms with van der Waals surface area (Å²) in [5.74, 6) is 0.292. The first-order chi connectivity index (χ1) is 16.3. The lowest BCUT2D eigenvalue weighted by Crippen LogP contribution is -2.12. The highest BCUT2D eigenvalue weighted by Gasteiger charge is 2.20. The minimum Gasteiger partial charge on any atom is -0.508 e. The van der Waals surface area contributed by atoms with Gasteiger partial charge in [0.05, 0.1) is 12.1 Å². The van der Waals surface area contributed by atoms with Crippen molar-refractivity contribution in [2.75, 3.05) is 0 Å². The molecule has 0 saturated carbocycles. The zero-order valence-corrected chi connectivity index (χ0v) is 19.7. The van der Waals surface area contributed by atoms with Crippen LogP contribution in [0.4, 0.5) is 0 Å². The lowest BCUT2D eigenvalue weighted by atomic mass is 9.98. The van der Waals surface area contributed by atoms with Gasteiger partial charge in [0, 0.05) is 19.2 Å². The Balaban J connectivity index is 1.47. The first-order valence-electron chi connectivity index (χ1n) is 11.3. The highest BCUT2D eigenvalue weighted by atomic mass is 16.3. The van der Waals surface area contributed by atoms with E-state index in [4.69, 9.17) is 0 Å². The molecule has 4 rings (SSSR count). The van der Waals surface area contributed by atoms with E-state index in [2.05, 4.69) is 46.7 Å². The molecule has 0 bridgehead atoms. The Kier molecular flexibility index (Phi) is 6.84. The van der Waals surface area contributed by atoms with Crippen LogP contribution in [0.5, 0.6) is 17.5 Å². The fourth-order valence-electron chi connectivity index (χ4n) is 3.88. The Morgan fingerprint density at radius 3 is 2.00 bits per heavy atom. The van der Waals surface area contributed by atoms with Crippen LogP contribution in [0.1, 0.15) is 47.6 Å². The fourth-order valence-corrected chi connectivity index (χ4v) is 3.88. The number of aryl methyl sites for hydroxylation is 1. The number of nitrogens with one attached hydrogen (secondary N) is 1. The van der Waals surface area contributed by atoms with Gasteiger partial charge in [-0.15, -0.1) is 5.10 Å². The van der Waals surface area contributed by atoms with E-state index in [1.165, 1.54) is 17.2 Å². The second-order valence-corrected chi connectivity index (χ2v) is 8.90. The molecule has 1 heterocycles. The molecular formula is C27H30N4O3. The summed E-state index contributed by atoms with van der Waals surface area (Å²) in [5.41, 5.74) is 5.71. The van der Waals surface area contributed by atoms with E-state index in [1.807, 2.05) is 38.1 Å². The third-order valence-electron chi connectivity index (χ3n) is 5.88. The summed E-state index contributed by atoms with van der Waals surface area (Å²) in [4.78, 5) is 0. The van der Waals surface area contributed by atoms with Crippen LogP contribution >= 0.6 is 0 Å². The largest absolute Gasteiger partial charge is 0.508 e. The minimum absolute atomic E-state index is 0.0260. The van der Waals surface area contributed by atoms with Crippen LogP contribution in [0.3, 0.4) is 0 Å². The Morgan fingerprint density at radius 1 is 0.794 bits per heavy atom. The Hall–Kier alpha value is -3.84. The van der Waals surface area contributed by atoms with Crippen LogP contribution in [-0.2, 0) is 19.6 Å². The van der Waals surface area contributed by atoms with Gasteiger partial charge in [0.15, 0.2) is 5.82 Å². The molecule has 0 aliphatic rings. The molecule has 7 heteroatoms. The summed E-state index contributed by atoms with van der Waals surface area (Å²) < 4.78 is 1.54. The Morgan fingerprint density at radius 2 is 1.38 bits per heavy atom. The van der Waals surface area contributed by atoms with Crippen LogP contribution in [0.25, 0.3) is 11.4 Å². The molecule has 4 N–H and O–H groups in total. The smallest absolute Gasteiger partial charge is 0.315 e. The Bertz CT molecular complexity index is 1260. The van der Waals surface area contributed by atoms with Gasteiger partial charge in [-0.2, -0.15) is 0 Å². The monoisotopic (exact) mass is 458 g/mol. The van der Waals surface area contributed by atoms with E-state index in [0.29, 0.717) is 23.5 Å². The molecule has 0 atom stereocenters. The summed E-state index contributed by atoms with van der Waals surface area (Å²) in [6.07, 6.45) is 0. The molecule has 34 heavy (non-hydrogen) atoms. The van der Waals surface area contributed by atoms with Gasteiger partial charge in [0.25, 0.3) is 0 Å². The second kappa shape index (κ2) is 9.97. The predicted octanol–water partition coefficient (Wildman–Crippen LogP) is 4.83.